The number of aromatic nitrogens is 2. The van der Waals surface area contributed by atoms with Gasteiger partial charge in [0.05, 0.1) is 5.56 Å². The van der Waals surface area contributed by atoms with E-state index in [1.54, 1.807) is 25.1 Å². The second-order valence-electron chi connectivity index (χ2n) is 5.21. The van der Waals surface area contributed by atoms with Gasteiger partial charge in [0.15, 0.2) is 13.2 Å². The monoisotopic (exact) mass is 356 g/mol. The van der Waals surface area contributed by atoms with Gasteiger partial charge in [0.25, 0.3) is 0 Å². The van der Waals surface area contributed by atoms with Crippen molar-refractivity contribution < 1.29 is 23.6 Å². The van der Waals surface area contributed by atoms with E-state index in [9.17, 15) is 9.59 Å². The largest absolute Gasteiger partial charge is 0.485 e. The van der Waals surface area contributed by atoms with Crippen LogP contribution in [0.4, 0.5) is 0 Å². The van der Waals surface area contributed by atoms with Crippen LogP contribution in [0.15, 0.2) is 40.1 Å². The Morgan fingerprint density at radius 1 is 1.31 bits per heavy atom. The zero-order valence-corrected chi connectivity index (χ0v) is 14.2. The number of rotatable bonds is 7. The molecule has 1 aromatic carbocycles. The van der Waals surface area contributed by atoms with Crippen molar-refractivity contribution in [2.75, 3.05) is 6.61 Å². The molecule has 0 aliphatic heterocycles. The Labute approximate surface area is 149 Å². The quantitative estimate of drug-likeness (QED) is 0.443. The highest BCUT2D eigenvalue weighted by Gasteiger charge is 2.15. The number of hydrogen-bond acceptors (Lipinski definition) is 9. The molecule has 0 bridgehead atoms. The fourth-order valence-electron chi connectivity index (χ4n) is 1.89. The molecule has 134 valence electrons. The molecule has 1 heterocycles. The Kier molecular flexibility index (Phi) is 6.06. The van der Waals surface area contributed by atoms with Crippen molar-refractivity contribution >= 4 is 11.8 Å². The van der Waals surface area contributed by atoms with Gasteiger partial charge in [-0.1, -0.05) is 5.16 Å². The Morgan fingerprint density at radius 2 is 2.00 bits per heavy atom. The molecule has 0 unspecified atom stereocenters. The zero-order valence-electron chi connectivity index (χ0n) is 14.2. The lowest BCUT2D eigenvalue weighted by Gasteiger charge is -2.06. The van der Waals surface area contributed by atoms with Crippen LogP contribution >= 0.6 is 0 Å². The van der Waals surface area contributed by atoms with Crippen LogP contribution in [0.1, 0.15) is 29.0 Å². The average molecular weight is 356 g/mol. The Morgan fingerprint density at radius 3 is 2.54 bits per heavy atom. The van der Waals surface area contributed by atoms with E-state index >= 15 is 0 Å². The Bertz CT molecular complexity index is 873. The molecule has 0 amide bonds. The number of allylic oxidation sites excluding steroid dienone is 1. The summed E-state index contributed by atoms with van der Waals surface area (Å²) in [6.45, 7) is 2.65. The molecule has 9 nitrogen and oxygen atoms in total. The topological polar surface area (TPSA) is 141 Å². The first-order chi connectivity index (χ1) is 12.4. The molecule has 2 N–H and O–H groups in total. The number of ketones is 1. The van der Waals surface area contributed by atoms with E-state index in [0.717, 1.165) is 0 Å². The van der Waals surface area contributed by atoms with E-state index < -0.39 is 18.4 Å². The molecule has 2 aromatic rings. The predicted octanol–water partition coefficient (Wildman–Crippen LogP) is 1.44. The third-order valence-corrected chi connectivity index (χ3v) is 3.15. The number of nitrogens with two attached hydrogens (primary N) is 1. The number of hydrogen-bond donors (Lipinski definition) is 1. The minimum atomic E-state index is -0.703. The highest BCUT2D eigenvalue weighted by Crippen LogP contribution is 2.14. The van der Waals surface area contributed by atoms with Gasteiger partial charge in [-0.2, -0.15) is 10.2 Å². The van der Waals surface area contributed by atoms with Crippen LogP contribution in [-0.2, 0) is 16.1 Å². The normalized spacial score (nSPS) is 11.3. The Hall–Kier alpha value is -3.67. The molecule has 0 spiro atoms. The third kappa shape index (κ3) is 4.91. The fraction of sp³-hybridized carbons (Fsp3) is 0.235. The van der Waals surface area contributed by atoms with Crippen molar-refractivity contribution in [3.8, 4) is 11.8 Å². The molecule has 0 aliphatic rings. The standard InChI is InChI=1S/C17H16N4O5/c1-10(19)14(7-18)15(22)8-25-17(23)12-3-5-13(6-4-12)24-9-16-20-11(2)26-21-16/h3-6H,8-9,19H2,1-2H3/b14-10+. The summed E-state index contributed by atoms with van der Waals surface area (Å²) < 4.78 is 15.2. The number of nitriles is 1. The number of esters is 1. The van der Waals surface area contributed by atoms with Crippen molar-refractivity contribution in [2.24, 2.45) is 5.73 Å². The molecular weight excluding hydrogens is 340 g/mol. The van der Waals surface area contributed by atoms with E-state index in [1.807, 2.05) is 0 Å². The molecule has 0 fully saturated rings. The molecule has 9 heteroatoms. The van der Waals surface area contributed by atoms with Crippen molar-refractivity contribution in [3.63, 3.8) is 0 Å². The smallest absolute Gasteiger partial charge is 0.338 e. The minimum Gasteiger partial charge on any atom is -0.485 e. The lowest BCUT2D eigenvalue weighted by molar-refractivity contribution is -0.118. The van der Waals surface area contributed by atoms with E-state index in [0.29, 0.717) is 17.5 Å². The van der Waals surface area contributed by atoms with Crippen LogP contribution in [0.5, 0.6) is 5.75 Å². The number of Topliss-reactive ketones (excluding diaryl/α,β-unsaturated/α-hetero) is 1. The number of carbonyl (C=O) groups is 2. The van der Waals surface area contributed by atoms with E-state index in [4.69, 9.17) is 25.0 Å². The highest BCUT2D eigenvalue weighted by atomic mass is 16.5. The molecular formula is C17H16N4O5. The molecule has 1 aromatic heterocycles. The van der Waals surface area contributed by atoms with Crippen molar-refractivity contribution in [1.82, 2.24) is 10.1 Å². The van der Waals surface area contributed by atoms with Gasteiger partial charge >= 0.3 is 5.97 Å². The summed E-state index contributed by atoms with van der Waals surface area (Å²) in [6, 6.07) is 7.78. The van der Waals surface area contributed by atoms with Crippen LogP contribution in [0.2, 0.25) is 0 Å². The highest BCUT2D eigenvalue weighted by molar-refractivity contribution is 6.02. The lowest BCUT2D eigenvalue weighted by atomic mass is 10.1. The molecule has 0 atom stereocenters. The third-order valence-electron chi connectivity index (χ3n) is 3.15. The van der Waals surface area contributed by atoms with E-state index in [2.05, 4.69) is 10.1 Å². The first-order valence-electron chi connectivity index (χ1n) is 7.49. The maximum Gasteiger partial charge on any atom is 0.338 e. The average Bonchev–Trinajstić information content (AvgIpc) is 3.04. The van der Waals surface area contributed by atoms with Crippen LogP contribution in [0.3, 0.4) is 0 Å². The van der Waals surface area contributed by atoms with Gasteiger partial charge in [-0.3, -0.25) is 4.79 Å². The van der Waals surface area contributed by atoms with Gasteiger partial charge in [0.1, 0.15) is 17.4 Å². The molecule has 0 saturated heterocycles. The SMILES string of the molecule is C/C(N)=C(/C#N)C(=O)COC(=O)c1ccc(OCc2noc(C)n2)cc1. The summed E-state index contributed by atoms with van der Waals surface area (Å²) in [5, 5.41) is 12.5. The van der Waals surface area contributed by atoms with Crippen LogP contribution in [-0.4, -0.2) is 28.5 Å². The van der Waals surface area contributed by atoms with Crippen LogP contribution < -0.4 is 10.5 Å². The first kappa shape index (κ1) is 18.7. The van der Waals surface area contributed by atoms with Gasteiger partial charge < -0.3 is 19.7 Å². The maximum absolute atomic E-state index is 11.9. The van der Waals surface area contributed by atoms with E-state index in [1.165, 1.54) is 19.1 Å². The van der Waals surface area contributed by atoms with Crippen LogP contribution in [0, 0.1) is 18.3 Å². The molecule has 26 heavy (non-hydrogen) atoms. The van der Waals surface area contributed by atoms with Gasteiger partial charge in [-0.05, 0) is 31.2 Å². The van der Waals surface area contributed by atoms with Gasteiger partial charge in [0.2, 0.25) is 17.5 Å². The summed E-state index contributed by atoms with van der Waals surface area (Å²) in [6.07, 6.45) is 0. The van der Waals surface area contributed by atoms with Crippen molar-refractivity contribution in [2.45, 2.75) is 20.5 Å². The summed E-state index contributed by atoms with van der Waals surface area (Å²) in [5.74, 6) is -0.0214. The summed E-state index contributed by atoms with van der Waals surface area (Å²) >= 11 is 0. The van der Waals surface area contributed by atoms with Crippen molar-refractivity contribution in [3.05, 3.63) is 52.8 Å². The number of aryl methyl sites for hydroxylation is 1. The second-order valence-corrected chi connectivity index (χ2v) is 5.21. The van der Waals surface area contributed by atoms with Gasteiger partial charge in [-0.15, -0.1) is 0 Å². The lowest BCUT2D eigenvalue weighted by Crippen LogP contribution is -2.17. The number of nitrogens with zero attached hydrogens (tertiary/aromatic N) is 3. The Balaban J connectivity index is 1.89. The fourth-order valence-corrected chi connectivity index (χ4v) is 1.89. The molecule has 0 aliphatic carbocycles. The molecule has 2 rings (SSSR count). The predicted molar refractivity (Wildman–Crippen MR) is 87.6 cm³/mol. The number of ether oxygens (including phenoxy) is 2. The zero-order chi connectivity index (χ0) is 19.1. The van der Waals surface area contributed by atoms with Crippen molar-refractivity contribution in [1.29, 1.82) is 5.26 Å². The summed E-state index contributed by atoms with van der Waals surface area (Å²) in [4.78, 5) is 27.7. The molecule has 0 saturated carbocycles. The number of benzene rings is 1. The molecule has 0 radical (unpaired) electrons. The van der Waals surface area contributed by atoms with Gasteiger partial charge in [0, 0.05) is 12.6 Å². The van der Waals surface area contributed by atoms with E-state index in [-0.39, 0.29) is 23.4 Å². The summed E-state index contributed by atoms with van der Waals surface area (Å²) in [7, 11) is 0. The second kappa shape index (κ2) is 8.43. The summed E-state index contributed by atoms with van der Waals surface area (Å²) in [5.41, 5.74) is 5.50. The number of carbonyl (C=O) groups excluding carboxylic acids is 2. The van der Waals surface area contributed by atoms with Gasteiger partial charge in [-0.25, -0.2) is 4.79 Å². The maximum atomic E-state index is 11.9. The minimum absolute atomic E-state index is 0.0758. The van der Waals surface area contributed by atoms with Crippen LogP contribution in [0.25, 0.3) is 0 Å². The first-order valence-corrected chi connectivity index (χ1v) is 7.49.